The number of tetrazole rings is 1. The zero-order valence-electron chi connectivity index (χ0n) is 11.6. The first kappa shape index (κ1) is 13.9. The molecule has 0 amide bonds. The lowest BCUT2D eigenvalue weighted by molar-refractivity contribution is -0.0317. The molecule has 0 aliphatic carbocycles. The van der Waals surface area contributed by atoms with Crippen molar-refractivity contribution in [1.29, 1.82) is 0 Å². The topological polar surface area (TPSA) is 88.1 Å². The third-order valence-corrected chi connectivity index (χ3v) is 3.65. The van der Waals surface area contributed by atoms with Crippen molar-refractivity contribution in [2.24, 2.45) is 0 Å². The molecule has 2 N–H and O–H groups in total. The molecule has 0 saturated carbocycles. The highest BCUT2D eigenvalue weighted by molar-refractivity contribution is 5.61. The van der Waals surface area contributed by atoms with Gasteiger partial charge in [0.15, 0.2) is 5.82 Å². The van der Waals surface area contributed by atoms with E-state index < -0.39 is 11.4 Å². The van der Waals surface area contributed by atoms with Crippen LogP contribution in [0.25, 0.3) is 11.4 Å². The molecule has 1 atom stereocenters. The van der Waals surface area contributed by atoms with Crippen LogP contribution in [0.15, 0.2) is 18.2 Å². The molecule has 1 aromatic carbocycles. The van der Waals surface area contributed by atoms with Crippen molar-refractivity contribution in [2.45, 2.75) is 18.6 Å². The maximum Gasteiger partial charge on any atom is 0.182 e. The molecule has 2 aromatic rings. The van der Waals surface area contributed by atoms with Gasteiger partial charge in [-0.3, -0.25) is 0 Å². The molecule has 112 valence electrons. The molecular weight excluding hydrogens is 277 g/mol. The van der Waals surface area contributed by atoms with Gasteiger partial charge < -0.3 is 15.2 Å². The van der Waals surface area contributed by atoms with Gasteiger partial charge >= 0.3 is 0 Å². The van der Waals surface area contributed by atoms with E-state index in [1.54, 1.807) is 17.9 Å². The van der Waals surface area contributed by atoms with Crippen molar-refractivity contribution in [3.05, 3.63) is 24.0 Å². The van der Waals surface area contributed by atoms with Crippen LogP contribution in [-0.2, 0) is 16.0 Å². The minimum Gasteiger partial charge on any atom is -0.399 e. The zero-order valence-corrected chi connectivity index (χ0v) is 11.6. The second-order valence-corrected chi connectivity index (χ2v) is 5.12. The Morgan fingerprint density at radius 3 is 3.00 bits per heavy atom. The third kappa shape index (κ3) is 2.72. The molecule has 8 heteroatoms. The number of ether oxygens (including phenoxy) is 2. The fourth-order valence-electron chi connectivity index (χ4n) is 2.47. The van der Waals surface area contributed by atoms with Crippen molar-refractivity contribution in [2.75, 3.05) is 26.1 Å². The second kappa shape index (κ2) is 5.38. The van der Waals surface area contributed by atoms with Crippen molar-refractivity contribution in [1.82, 2.24) is 20.2 Å². The van der Waals surface area contributed by atoms with Gasteiger partial charge in [0.2, 0.25) is 0 Å². The van der Waals surface area contributed by atoms with Gasteiger partial charge in [0, 0.05) is 31.4 Å². The highest BCUT2D eigenvalue weighted by Gasteiger charge is 2.36. The van der Waals surface area contributed by atoms with Gasteiger partial charge in [-0.05, 0) is 28.6 Å². The number of nitrogen functional groups attached to an aromatic ring is 1. The molecule has 1 aliphatic rings. The van der Waals surface area contributed by atoms with Crippen molar-refractivity contribution >= 4 is 5.69 Å². The van der Waals surface area contributed by atoms with Crippen LogP contribution in [0.3, 0.4) is 0 Å². The molecule has 21 heavy (non-hydrogen) atoms. The van der Waals surface area contributed by atoms with Gasteiger partial charge in [0.1, 0.15) is 11.4 Å². The van der Waals surface area contributed by atoms with Crippen LogP contribution < -0.4 is 5.73 Å². The van der Waals surface area contributed by atoms with E-state index >= 15 is 0 Å². The smallest absolute Gasteiger partial charge is 0.182 e. The number of hydrogen-bond donors (Lipinski definition) is 1. The molecular formula is C13H16FN5O2. The van der Waals surface area contributed by atoms with Gasteiger partial charge in [-0.2, -0.15) is 0 Å². The van der Waals surface area contributed by atoms with Crippen molar-refractivity contribution in [3.8, 4) is 11.4 Å². The first-order valence-electron chi connectivity index (χ1n) is 6.57. The van der Waals surface area contributed by atoms with Crippen LogP contribution in [0.1, 0.15) is 6.42 Å². The Morgan fingerprint density at radius 2 is 2.33 bits per heavy atom. The van der Waals surface area contributed by atoms with E-state index in [4.69, 9.17) is 15.2 Å². The van der Waals surface area contributed by atoms with Crippen LogP contribution in [0.5, 0.6) is 0 Å². The maximum atomic E-state index is 13.5. The SMILES string of the molecule is COC1(Cn2nnnc2-c2cc(N)cc(F)c2)CCOC1. The van der Waals surface area contributed by atoms with Crippen molar-refractivity contribution < 1.29 is 13.9 Å². The molecule has 0 bridgehead atoms. The third-order valence-electron chi connectivity index (χ3n) is 3.65. The molecule has 2 heterocycles. The van der Waals surface area contributed by atoms with Gasteiger partial charge in [0.05, 0.1) is 13.2 Å². The molecule has 7 nitrogen and oxygen atoms in total. The molecule has 1 aliphatic heterocycles. The number of hydrogen-bond acceptors (Lipinski definition) is 6. The fraction of sp³-hybridized carbons (Fsp3) is 0.462. The summed E-state index contributed by atoms with van der Waals surface area (Å²) in [5.74, 6) is 0.0229. The van der Waals surface area contributed by atoms with Crippen LogP contribution in [0.4, 0.5) is 10.1 Å². The molecule has 1 saturated heterocycles. The number of anilines is 1. The summed E-state index contributed by atoms with van der Waals surface area (Å²) < 4.78 is 26.1. The van der Waals surface area contributed by atoms with E-state index in [9.17, 15) is 4.39 Å². The zero-order chi connectivity index (χ0) is 14.9. The van der Waals surface area contributed by atoms with Crippen LogP contribution in [0, 0.1) is 5.82 Å². The first-order valence-corrected chi connectivity index (χ1v) is 6.57. The Kier molecular flexibility index (Phi) is 3.56. The number of nitrogens with zero attached hydrogens (tertiary/aromatic N) is 4. The van der Waals surface area contributed by atoms with Gasteiger partial charge in [-0.15, -0.1) is 5.10 Å². The number of methoxy groups -OCH3 is 1. The van der Waals surface area contributed by atoms with Crippen molar-refractivity contribution in [3.63, 3.8) is 0 Å². The Balaban J connectivity index is 1.93. The average molecular weight is 293 g/mol. The standard InChI is InChI=1S/C13H16FN5O2/c1-20-13(2-3-21-8-13)7-19-12(16-17-18-19)9-4-10(14)6-11(15)5-9/h4-6H,2-3,7-8,15H2,1H3. The van der Waals surface area contributed by atoms with Crippen LogP contribution in [-0.4, -0.2) is 46.1 Å². The van der Waals surface area contributed by atoms with E-state index in [0.717, 1.165) is 6.42 Å². The highest BCUT2D eigenvalue weighted by Crippen LogP contribution is 2.27. The maximum absolute atomic E-state index is 13.5. The highest BCUT2D eigenvalue weighted by atomic mass is 19.1. The predicted octanol–water partition coefficient (Wildman–Crippen LogP) is 0.867. The lowest BCUT2D eigenvalue weighted by Gasteiger charge is -2.25. The molecule has 1 unspecified atom stereocenters. The quantitative estimate of drug-likeness (QED) is 0.841. The van der Waals surface area contributed by atoms with Gasteiger partial charge in [-0.1, -0.05) is 0 Å². The Bertz CT molecular complexity index is 619. The monoisotopic (exact) mass is 293 g/mol. The second-order valence-electron chi connectivity index (χ2n) is 5.12. The molecule has 3 rings (SSSR count). The summed E-state index contributed by atoms with van der Waals surface area (Å²) in [6.45, 7) is 1.55. The lowest BCUT2D eigenvalue weighted by Crippen LogP contribution is -2.37. The largest absolute Gasteiger partial charge is 0.399 e. The number of rotatable bonds is 4. The van der Waals surface area contributed by atoms with Crippen LogP contribution >= 0.6 is 0 Å². The average Bonchev–Trinajstić information content (AvgIpc) is 3.08. The molecule has 1 fully saturated rings. The minimum atomic E-state index is -0.455. The Labute approximate surface area is 120 Å². The number of halogens is 1. The summed E-state index contributed by atoms with van der Waals surface area (Å²) in [5, 5.41) is 11.6. The summed E-state index contributed by atoms with van der Waals surface area (Å²) >= 11 is 0. The van der Waals surface area contributed by atoms with E-state index in [0.29, 0.717) is 36.8 Å². The Hall–Kier alpha value is -2.06. The summed E-state index contributed by atoms with van der Waals surface area (Å²) in [6, 6.07) is 4.23. The van der Waals surface area contributed by atoms with E-state index in [2.05, 4.69) is 15.5 Å². The summed E-state index contributed by atoms with van der Waals surface area (Å²) in [7, 11) is 1.64. The number of aromatic nitrogens is 4. The van der Waals surface area contributed by atoms with Crippen LogP contribution in [0.2, 0.25) is 0 Å². The lowest BCUT2D eigenvalue weighted by atomic mass is 10.0. The predicted molar refractivity (Wildman–Crippen MR) is 72.8 cm³/mol. The van der Waals surface area contributed by atoms with E-state index in [1.807, 2.05) is 0 Å². The normalized spacial score (nSPS) is 21.8. The van der Waals surface area contributed by atoms with E-state index in [-0.39, 0.29) is 0 Å². The van der Waals surface area contributed by atoms with Gasteiger partial charge in [-0.25, -0.2) is 9.07 Å². The fourth-order valence-corrected chi connectivity index (χ4v) is 2.47. The van der Waals surface area contributed by atoms with Gasteiger partial charge in [0.25, 0.3) is 0 Å². The number of nitrogens with two attached hydrogens (primary N) is 1. The number of benzene rings is 1. The molecule has 0 radical (unpaired) electrons. The van der Waals surface area contributed by atoms with E-state index in [1.165, 1.54) is 12.1 Å². The molecule has 0 spiro atoms. The first-order chi connectivity index (χ1) is 10.1. The molecule has 1 aromatic heterocycles. The summed E-state index contributed by atoms with van der Waals surface area (Å²) in [6.07, 6.45) is 0.758. The minimum absolute atomic E-state index is 0.324. The Morgan fingerprint density at radius 1 is 1.48 bits per heavy atom. The summed E-state index contributed by atoms with van der Waals surface area (Å²) in [4.78, 5) is 0. The summed E-state index contributed by atoms with van der Waals surface area (Å²) in [5.41, 5.74) is 6.07.